The molecule has 0 aliphatic heterocycles. The maximum Gasteiger partial charge on any atom is 0.412 e. The fraction of sp³-hybridized carbons (Fsp3) is 0.588. The van der Waals surface area contributed by atoms with E-state index in [1.807, 2.05) is 32.0 Å². The molecule has 0 radical (unpaired) electrons. The SMILES string of the molecule is CCCOc1ccccc1NC(=O)OC(C)CN(CC)CC. The van der Waals surface area contributed by atoms with Crippen molar-refractivity contribution in [1.82, 2.24) is 4.90 Å². The molecule has 1 N–H and O–H groups in total. The Morgan fingerprint density at radius 2 is 1.91 bits per heavy atom. The van der Waals surface area contributed by atoms with Crippen LogP contribution in [0.3, 0.4) is 0 Å². The Morgan fingerprint density at radius 1 is 1.23 bits per heavy atom. The molecule has 0 heterocycles. The van der Waals surface area contributed by atoms with Gasteiger partial charge in [0, 0.05) is 6.54 Å². The van der Waals surface area contributed by atoms with Gasteiger partial charge in [-0.25, -0.2) is 4.79 Å². The number of benzene rings is 1. The zero-order valence-electron chi connectivity index (χ0n) is 14.1. The maximum atomic E-state index is 12.0. The Hall–Kier alpha value is -1.75. The molecule has 124 valence electrons. The van der Waals surface area contributed by atoms with E-state index < -0.39 is 6.09 Å². The van der Waals surface area contributed by atoms with Gasteiger partial charge in [-0.05, 0) is 38.6 Å². The summed E-state index contributed by atoms with van der Waals surface area (Å²) in [6, 6.07) is 7.38. The third-order valence-electron chi connectivity index (χ3n) is 3.30. The molecule has 0 saturated carbocycles. The second kappa shape index (κ2) is 10.1. The molecule has 0 spiro atoms. The monoisotopic (exact) mass is 308 g/mol. The van der Waals surface area contributed by atoms with Gasteiger partial charge in [0.2, 0.25) is 0 Å². The summed E-state index contributed by atoms with van der Waals surface area (Å²) in [4.78, 5) is 14.2. The number of nitrogens with zero attached hydrogens (tertiary/aromatic N) is 1. The van der Waals surface area contributed by atoms with Crippen molar-refractivity contribution in [3.8, 4) is 5.75 Å². The van der Waals surface area contributed by atoms with Gasteiger partial charge in [-0.3, -0.25) is 5.32 Å². The molecule has 5 nitrogen and oxygen atoms in total. The lowest BCUT2D eigenvalue weighted by atomic mass is 10.3. The van der Waals surface area contributed by atoms with Crippen LogP contribution in [0.1, 0.15) is 34.1 Å². The van der Waals surface area contributed by atoms with Crippen LogP contribution in [0.4, 0.5) is 10.5 Å². The van der Waals surface area contributed by atoms with Crippen LogP contribution in [-0.2, 0) is 4.74 Å². The highest BCUT2D eigenvalue weighted by molar-refractivity contribution is 5.86. The number of para-hydroxylation sites is 2. The van der Waals surface area contributed by atoms with Crippen molar-refractivity contribution in [3.63, 3.8) is 0 Å². The van der Waals surface area contributed by atoms with E-state index in [4.69, 9.17) is 9.47 Å². The molecule has 22 heavy (non-hydrogen) atoms. The van der Waals surface area contributed by atoms with Crippen molar-refractivity contribution in [1.29, 1.82) is 0 Å². The zero-order valence-corrected chi connectivity index (χ0v) is 14.1. The molecular weight excluding hydrogens is 280 g/mol. The van der Waals surface area contributed by atoms with Crippen molar-refractivity contribution in [2.75, 3.05) is 31.6 Å². The molecule has 1 amide bonds. The summed E-state index contributed by atoms with van der Waals surface area (Å²) in [7, 11) is 0. The van der Waals surface area contributed by atoms with E-state index in [2.05, 4.69) is 24.1 Å². The number of ether oxygens (including phenoxy) is 2. The molecule has 1 unspecified atom stereocenters. The molecule has 1 atom stereocenters. The molecule has 1 aromatic rings. The molecule has 5 heteroatoms. The highest BCUT2D eigenvalue weighted by Gasteiger charge is 2.14. The maximum absolute atomic E-state index is 12.0. The van der Waals surface area contributed by atoms with E-state index in [0.29, 0.717) is 18.0 Å². The largest absolute Gasteiger partial charge is 0.491 e. The molecule has 0 bridgehead atoms. The van der Waals surface area contributed by atoms with E-state index >= 15 is 0 Å². The van der Waals surface area contributed by atoms with Gasteiger partial charge in [0.05, 0.1) is 12.3 Å². The average Bonchev–Trinajstić information content (AvgIpc) is 2.51. The molecule has 1 rings (SSSR count). The third kappa shape index (κ3) is 6.35. The van der Waals surface area contributed by atoms with Crippen LogP contribution in [0.2, 0.25) is 0 Å². The van der Waals surface area contributed by atoms with Crippen LogP contribution < -0.4 is 10.1 Å². The number of amides is 1. The normalized spacial score (nSPS) is 12.0. The number of anilines is 1. The van der Waals surface area contributed by atoms with Crippen LogP contribution >= 0.6 is 0 Å². The van der Waals surface area contributed by atoms with E-state index in [1.54, 1.807) is 6.07 Å². The Labute approximate surface area is 133 Å². The zero-order chi connectivity index (χ0) is 16.4. The fourth-order valence-corrected chi connectivity index (χ4v) is 2.11. The lowest BCUT2D eigenvalue weighted by Crippen LogP contribution is -2.34. The average molecular weight is 308 g/mol. The van der Waals surface area contributed by atoms with Crippen LogP contribution in [0.5, 0.6) is 5.75 Å². The molecule has 0 aliphatic rings. The number of likely N-dealkylation sites (N-methyl/N-ethyl adjacent to an activating group) is 1. The second-order valence-corrected chi connectivity index (χ2v) is 5.17. The first-order valence-electron chi connectivity index (χ1n) is 8.02. The van der Waals surface area contributed by atoms with Crippen LogP contribution in [0.25, 0.3) is 0 Å². The van der Waals surface area contributed by atoms with Gasteiger partial charge in [-0.2, -0.15) is 0 Å². The molecule has 0 aliphatic carbocycles. The first-order valence-corrected chi connectivity index (χ1v) is 8.02. The van der Waals surface area contributed by atoms with E-state index in [9.17, 15) is 4.79 Å². The highest BCUT2D eigenvalue weighted by Crippen LogP contribution is 2.24. The van der Waals surface area contributed by atoms with Crippen molar-refractivity contribution in [2.45, 2.75) is 40.2 Å². The summed E-state index contributed by atoms with van der Waals surface area (Å²) in [5, 5.41) is 2.75. The number of hydrogen-bond acceptors (Lipinski definition) is 4. The predicted molar refractivity (Wildman–Crippen MR) is 89.6 cm³/mol. The van der Waals surface area contributed by atoms with Crippen LogP contribution in [0.15, 0.2) is 24.3 Å². The number of hydrogen-bond donors (Lipinski definition) is 1. The minimum absolute atomic E-state index is 0.163. The number of carbonyl (C=O) groups excluding carboxylic acids is 1. The standard InChI is InChI=1S/C17H28N2O3/c1-5-12-21-16-11-9-8-10-15(16)18-17(20)22-14(4)13-19(6-2)7-3/h8-11,14H,5-7,12-13H2,1-4H3,(H,18,20). The number of rotatable bonds is 9. The quantitative estimate of drug-likeness (QED) is 0.755. The first-order chi connectivity index (χ1) is 10.6. The Bertz CT molecular complexity index is 447. The Morgan fingerprint density at radius 3 is 2.55 bits per heavy atom. The topological polar surface area (TPSA) is 50.8 Å². The Kier molecular flexibility index (Phi) is 8.36. The lowest BCUT2D eigenvalue weighted by molar-refractivity contribution is 0.0928. The van der Waals surface area contributed by atoms with Gasteiger partial charge in [0.15, 0.2) is 0 Å². The summed E-state index contributed by atoms with van der Waals surface area (Å²) in [5.41, 5.74) is 0.635. The van der Waals surface area contributed by atoms with Crippen molar-refractivity contribution >= 4 is 11.8 Å². The smallest absolute Gasteiger partial charge is 0.412 e. The van der Waals surface area contributed by atoms with Crippen molar-refractivity contribution in [2.24, 2.45) is 0 Å². The third-order valence-corrected chi connectivity index (χ3v) is 3.30. The fourth-order valence-electron chi connectivity index (χ4n) is 2.11. The summed E-state index contributed by atoms with van der Waals surface area (Å²) in [5.74, 6) is 0.665. The van der Waals surface area contributed by atoms with Gasteiger partial charge in [-0.1, -0.05) is 32.9 Å². The summed E-state index contributed by atoms with van der Waals surface area (Å²) in [6.07, 6.45) is 0.301. The van der Waals surface area contributed by atoms with Crippen molar-refractivity contribution < 1.29 is 14.3 Å². The Balaban J connectivity index is 2.54. The molecule has 0 saturated heterocycles. The van der Waals surface area contributed by atoms with Crippen LogP contribution in [0, 0.1) is 0 Å². The number of carbonyl (C=O) groups is 1. The molecule has 1 aromatic carbocycles. The first kappa shape index (κ1) is 18.3. The number of nitrogens with one attached hydrogen (secondary N) is 1. The molecule has 0 aromatic heterocycles. The lowest BCUT2D eigenvalue weighted by Gasteiger charge is -2.23. The predicted octanol–water partition coefficient (Wildman–Crippen LogP) is 3.75. The van der Waals surface area contributed by atoms with Gasteiger partial charge in [-0.15, -0.1) is 0 Å². The second-order valence-electron chi connectivity index (χ2n) is 5.17. The van der Waals surface area contributed by atoms with Crippen LogP contribution in [-0.4, -0.2) is 43.3 Å². The highest BCUT2D eigenvalue weighted by atomic mass is 16.6. The summed E-state index contributed by atoms with van der Waals surface area (Å²) >= 11 is 0. The summed E-state index contributed by atoms with van der Waals surface area (Å²) < 4.78 is 11.0. The van der Waals surface area contributed by atoms with E-state index in [1.165, 1.54) is 0 Å². The van der Waals surface area contributed by atoms with E-state index in [-0.39, 0.29) is 6.10 Å². The van der Waals surface area contributed by atoms with Gasteiger partial charge < -0.3 is 14.4 Å². The minimum atomic E-state index is -0.452. The van der Waals surface area contributed by atoms with Gasteiger partial charge >= 0.3 is 6.09 Å². The van der Waals surface area contributed by atoms with Gasteiger partial charge in [0.25, 0.3) is 0 Å². The van der Waals surface area contributed by atoms with E-state index in [0.717, 1.165) is 26.1 Å². The van der Waals surface area contributed by atoms with Crippen molar-refractivity contribution in [3.05, 3.63) is 24.3 Å². The minimum Gasteiger partial charge on any atom is -0.491 e. The molecular formula is C17H28N2O3. The molecule has 0 fully saturated rings. The van der Waals surface area contributed by atoms with Gasteiger partial charge in [0.1, 0.15) is 11.9 Å². The summed E-state index contributed by atoms with van der Waals surface area (Å²) in [6.45, 7) is 11.4.